The van der Waals surface area contributed by atoms with Crippen molar-refractivity contribution in [1.29, 1.82) is 0 Å². The molecule has 1 fully saturated rings. The van der Waals surface area contributed by atoms with Crippen LogP contribution in [-0.4, -0.2) is 59.3 Å². The van der Waals surface area contributed by atoms with E-state index in [1.54, 1.807) is 0 Å². The highest BCUT2D eigenvalue weighted by atomic mass is 35.5. The van der Waals surface area contributed by atoms with Crippen molar-refractivity contribution in [3.8, 4) is 0 Å². The summed E-state index contributed by atoms with van der Waals surface area (Å²) >= 11 is 5.93. The number of nitrogens with zero attached hydrogens (tertiary/aromatic N) is 4. The van der Waals surface area contributed by atoms with Gasteiger partial charge in [-0.15, -0.1) is 0 Å². The molecule has 0 bridgehead atoms. The number of aliphatic hydroxyl groups excluding tert-OH is 3. The molecule has 5 N–H and O–H groups in total. The van der Waals surface area contributed by atoms with Gasteiger partial charge in [0, 0.05) is 0 Å². The quantitative estimate of drug-likeness (QED) is 0.521. The highest BCUT2D eigenvalue weighted by Crippen LogP contribution is 2.33. The lowest BCUT2D eigenvalue weighted by Gasteiger charge is -2.17. The number of hydrogen-bond donors (Lipinski definition) is 4. The van der Waals surface area contributed by atoms with Gasteiger partial charge in [0.1, 0.15) is 23.8 Å². The van der Waals surface area contributed by atoms with Gasteiger partial charge in [0.15, 0.2) is 17.0 Å². The van der Waals surface area contributed by atoms with Crippen molar-refractivity contribution in [2.45, 2.75) is 37.6 Å². The van der Waals surface area contributed by atoms with Gasteiger partial charge in [-0.2, -0.15) is 9.97 Å². The van der Waals surface area contributed by atoms with E-state index in [-0.39, 0.29) is 16.7 Å². The van der Waals surface area contributed by atoms with Crippen LogP contribution in [-0.2, 0) is 4.74 Å². The Bertz CT molecular complexity index is 678. The number of anilines is 1. The van der Waals surface area contributed by atoms with Crippen LogP contribution in [0.15, 0.2) is 6.33 Å². The van der Waals surface area contributed by atoms with Gasteiger partial charge < -0.3 is 25.8 Å². The minimum absolute atomic E-state index is 0.0469. The van der Waals surface area contributed by atoms with Crippen LogP contribution in [0.3, 0.4) is 0 Å². The van der Waals surface area contributed by atoms with E-state index in [1.807, 2.05) is 0 Å². The number of hydrogen-bond acceptors (Lipinski definition) is 8. The summed E-state index contributed by atoms with van der Waals surface area (Å²) < 4.78 is 6.91. The molecule has 5 atom stereocenters. The van der Waals surface area contributed by atoms with Crippen molar-refractivity contribution in [2.24, 2.45) is 0 Å². The number of nitrogens with two attached hydrogens (primary N) is 1. The Morgan fingerprint density at radius 1 is 1.38 bits per heavy atom. The first-order valence-corrected chi connectivity index (χ1v) is 6.63. The van der Waals surface area contributed by atoms with E-state index >= 15 is 0 Å². The molecule has 0 spiro atoms. The van der Waals surface area contributed by atoms with Gasteiger partial charge in [0.25, 0.3) is 0 Å². The number of fused-ring (bicyclic) bond motifs is 1. The fraction of sp³-hybridized carbons (Fsp3) is 0.545. The lowest BCUT2D eigenvalue weighted by Crippen LogP contribution is -2.37. The van der Waals surface area contributed by atoms with Crippen molar-refractivity contribution < 1.29 is 20.1 Å². The van der Waals surface area contributed by atoms with Crippen LogP contribution in [0, 0.1) is 0 Å². The second kappa shape index (κ2) is 5.04. The van der Waals surface area contributed by atoms with Crippen LogP contribution in [0.1, 0.15) is 13.2 Å². The molecular weight excluding hydrogens is 302 g/mol. The lowest BCUT2D eigenvalue weighted by atomic mass is 10.1. The molecule has 114 valence electrons. The molecule has 9 nitrogen and oxygen atoms in total. The topological polar surface area (TPSA) is 140 Å². The molecule has 1 saturated heterocycles. The summed E-state index contributed by atoms with van der Waals surface area (Å²) in [4.78, 5) is 11.8. The summed E-state index contributed by atoms with van der Waals surface area (Å²) in [5.74, 6) is -0.0469. The number of halogens is 1. The van der Waals surface area contributed by atoms with E-state index in [1.165, 1.54) is 17.8 Å². The minimum atomic E-state index is -1.25. The van der Waals surface area contributed by atoms with E-state index in [4.69, 9.17) is 22.1 Å². The summed E-state index contributed by atoms with van der Waals surface area (Å²) in [6.07, 6.45) is -3.96. The lowest BCUT2D eigenvalue weighted by molar-refractivity contribution is -0.0777. The van der Waals surface area contributed by atoms with Gasteiger partial charge in [-0.1, -0.05) is 11.6 Å². The number of aromatic nitrogens is 4. The summed E-state index contributed by atoms with van der Waals surface area (Å²) in [6, 6.07) is 0. The Morgan fingerprint density at radius 3 is 2.71 bits per heavy atom. The maximum Gasteiger partial charge on any atom is 0.223 e. The van der Waals surface area contributed by atoms with Crippen LogP contribution in [0.5, 0.6) is 0 Å². The number of imidazole rings is 1. The second-order valence-electron chi connectivity index (χ2n) is 4.91. The molecule has 1 aliphatic rings. The van der Waals surface area contributed by atoms with Crippen molar-refractivity contribution in [1.82, 2.24) is 19.5 Å². The Morgan fingerprint density at radius 2 is 2.10 bits per heavy atom. The van der Waals surface area contributed by atoms with Crippen molar-refractivity contribution in [2.75, 3.05) is 5.73 Å². The van der Waals surface area contributed by atoms with E-state index in [9.17, 15) is 15.3 Å². The normalized spacial score (nSPS) is 30.9. The van der Waals surface area contributed by atoms with E-state index < -0.39 is 30.6 Å². The fourth-order valence-electron chi connectivity index (χ4n) is 2.40. The summed E-state index contributed by atoms with van der Waals surface area (Å²) in [7, 11) is 0. The number of rotatable bonds is 2. The zero-order valence-electron chi connectivity index (χ0n) is 11.0. The molecule has 0 aromatic carbocycles. The van der Waals surface area contributed by atoms with Gasteiger partial charge in [-0.3, -0.25) is 4.57 Å². The smallest absolute Gasteiger partial charge is 0.223 e. The van der Waals surface area contributed by atoms with Gasteiger partial charge in [-0.25, -0.2) is 4.98 Å². The standard InChI is InChI=1S/C11H14ClN5O4/c1-3(18)7-5(19)6(20)10(21-7)17-2-14-4-8(12)15-11(13)16-9(4)17/h2-3,5-7,10,18-20H,1H3,(H2,13,15,16)/t3?,5-,6+,7+,10+/m0/s1. The molecule has 0 radical (unpaired) electrons. The van der Waals surface area contributed by atoms with E-state index in [2.05, 4.69) is 15.0 Å². The predicted molar refractivity (Wildman–Crippen MR) is 72.3 cm³/mol. The third-order valence-corrected chi connectivity index (χ3v) is 3.68. The highest BCUT2D eigenvalue weighted by Gasteiger charge is 2.46. The molecule has 0 saturated carbocycles. The first-order valence-electron chi connectivity index (χ1n) is 6.25. The molecule has 2 aromatic rings. The van der Waals surface area contributed by atoms with E-state index in [0.29, 0.717) is 5.52 Å². The van der Waals surface area contributed by atoms with Crippen LogP contribution >= 0.6 is 11.6 Å². The second-order valence-corrected chi connectivity index (χ2v) is 5.27. The molecule has 3 heterocycles. The molecule has 10 heteroatoms. The minimum Gasteiger partial charge on any atom is -0.391 e. The molecule has 3 rings (SSSR count). The largest absolute Gasteiger partial charge is 0.391 e. The van der Waals surface area contributed by atoms with Gasteiger partial charge in [0.05, 0.1) is 12.4 Å². The highest BCUT2D eigenvalue weighted by molar-refractivity contribution is 6.33. The van der Waals surface area contributed by atoms with Gasteiger partial charge in [0.2, 0.25) is 5.95 Å². The van der Waals surface area contributed by atoms with Gasteiger partial charge in [-0.05, 0) is 6.92 Å². The Labute approximate surface area is 124 Å². The number of nitrogen functional groups attached to an aromatic ring is 1. The average molecular weight is 316 g/mol. The van der Waals surface area contributed by atoms with Crippen LogP contribution in [0.2, 0.25) is 5.15 Å². The summed E-state index contributed by atoms with van der Waals surface area (Å²) in [5.41, 5.74) is 6.12. The van der Waals surface area contributed by atoms with Gasteiger partial charge >= 0.3 is 0 Å². The maximum atomic E-state index is 10.1. The fourth-order valence-corrected chi connectivity index (χ4v) is 2.62. The van der Waals surface area contributed by atoms with Crippen LogP contribution in [0.4, 0.5) is 5.95 Å². The first kappa shape index (κ1) is 14.4. The van der Waals surface area contributed by atoms with Crippen molar-refractivity contribution in [3.63, 3.8) is 0 Å². The predicted octanol–water partition coefficient (Wildman–Crippen LogP) is -0.938. The first-order chi connectivity index (χ1) is 9.90. The zero-order valence-corrected chi connectivity index (χ0v) is 11.7. The molecule has 1 unspecified atom stereocenters. The Kier molecular flexibility index (Phi) is 3.46. The molecular formula is C11H14ClN5O4. The molecule has 2 aromatic heterocycles. The Hall–Kier alpha value is -1.52. The zero-order chi connectivity index (χ0) is 15.3. The molecule has 1 aliphatic heterocycles. The van der Waals surface area contributed by atoms with E-state index in [0.717, 1.165) is 0 Å². The van der Waals surface area contributed by atoms with Crippen molar-refractivity contribution >= 4 is 28.7 Å². The monoisotopic (exact) mass is 315 g/mol. The Balaban J connectivity index is 2.05. The third-order valence-electron chi connectivity index (χ3n) is 3.42. The molecule has 0 aliphatic carbocycles. The third kappa shape index (κ3) is 2.23. The number of aliphatic hydroxyl groups is 3. The summed E-state index contributed by atoms with van der Waals surface area (Å²) in [6.45, 7) is 1.46. The average Bonchev–Trinajstić information content (AvgIpc) is 2.93. The maximum absolute atomic E-state index is 10.1. The van der Waals surface area contributed by atoms with Crippen LogP contribution < -0.4 is 5.73 Å². The molecule has 21 heavy (non-hydrogen) atoms. The SMILES string of the molecule is CC(O)[C@H]1O[C@@H](n2cnc3c(Cl)nc(N)nc32)[C@H](O)[C@@H]1O. The molecule has 0 amide bonds. The van der Waals surface area contributed by atoms with Crippen molar-refractivity contribution in [3.05, 3.63) is 11.5 Å². The number of ether oxygens (including phenoxy) is 1. The summed E-state index contributed by atoms with van der Waals surface area (Å²) in [5, 5.41) is 29.7. The van der Waals surface area contributed by atoms with Crippen LogP contribution in [0.25, 0.3) is 11.2 Å².